The zero-order valence-corrected chi connectivity index (χ0v) is 11.4. The van der Waals surface area contributed by atoms with Crippen molar-refractivity contribution in [1.82, 2.24) is 19.8 Å². The number of hydrogen-bond acceptors (Lipinski definition) is 4. The lowest BCUT2D eigenvalue weighted by Gasteiger charge is -2.06. The molecule has 19 heavy (non-hydrogen) atoms. The lowest BCUT2D eigenvalue weighted by molar-refractivity contribution is 0.416. The zero-order chi connectivity index (χ0) is 13.4. The van der Waals surface area contributed by atoms with E-state index < -0.39 is 0 Å². The van der Waals surface area contributed by atoms with Crippen molar-refractivity contribution in [2.45, 2.75) is 0 Å². The van der Waals surface area contributed by atoms with Gasteiger partial charge in [0, 0.05) is 5.02 Å². The fourth-order valence-electron chi connectivity index (χ4n) is 1.78. The van der Waals surface area contributed by atoms with Crippen LogP contribution in [0.5, 0.6) is 5.75 Å². The molecule has 3 rings (SSSR count). The van der Waals surface area contributed by atoms with E-state index in [1.807, 2.05) is 0 Å². The molecule has 0 N–H and O–H groups in total. The molecule has 0 spiro atoms. The predicted octanol–water partition coefficient (Wildman–Crippen LogP) is 3.11. The number of benzene rings is 1. The molecule has 2 heterocycles. The maximum atomic E-state index is 5.94. The third-order valence-corrected chi connectivity index (χ3v) is 3.07. The van der Waals surface area contributed by atoms with Gasteiger partial charge in [0.2, 0.25) is 0 Å². The monoisotopic (exact) mass is 294 g/mol. The van der Waals surface area contributed by atoms with Gasteiger partial charge in [-0.3, -0.25) is 0 Å². The van der Waals surface area contributed by atoms with Gasteiger partial charge in [0.25, 0.3) is 0 Å². The largest absolute Gasteiger partial charge is 0.496 e. The van der Waals surface area contributed by atoms with Crippen LogP contribution in [0.4, 0.5) is 0 Å². The van der Waals surface area contributed by atoms with Crippen LogP contribution in [0.15, 0.2) is 30.3 Å². The first-order valence-electron chi connectivity index (χ1n) is 5.41. The van der Waals surface area contributed by atoms with Crippen LogP contribution in [0.1, 0.15) is 0 Å². The van der Waals surface area contributed by atoms with Gasteiger partial charge in [0.05, 0.1) is 12.7 Å². The normalized spacial score (nSPS) is 10.9. The number of halogens is 2. The molecular formula is C12H8Cl2N4O. The second kappa shape index (κ2) is 4.68. The molecule has 0 fully saturated rings. The Hall–Kier alpha value is -1.85. The standard InChI is InChI=1S/C12H8Cl2N4O/c1-19-9-6-7(13)2-3-8(9)12-16-15-11-5-4-10(14)17-18(11)12/h2-6H,1H3. The number of hydrogen-bond donors (Lipinski definition) is 0. The van der Waals surface area contributed by atoms with Crippen LogP contribution in [0, 0.1) is 0 Å². The molecule has 0 aliphatic carbocycles. The van der Waals surface area contributed by atoms with Gasteiger partial charge in [-0.1, -0.05) is 23.2 Å². The Labute approximate surface area is 118 Å². The Balaban J connectivity index is 2.27. The first kappa shape index (κ1) is 12.2. The van der Waals surface area contributed by atoms with E-state index in [1.165, 1.54) is 0 Å². The molecule has 0 saturated heterocycles. The SMILES string of the molecule is COc1cc(Cl)ccc1-c1nnc2ccc(Cl)nn12. The second-order valence-electron chi connectivity index (χ2n) is 3.79. The number of fused-ring (bicyclic) bond motifs is 1. The lowest BCUT2D eigenvalue weighted by Crippen LogP contribution is -1.97. The third kappa shape index (κ3) is 2.11. The average molecular weight is 295 g/mol. The van der Waals surface area contributed by atoms with E-state index in [0.717, 1.165) is 5.56 Å². The highest BCUT2D eigenvalue weighted by Gasteiger charge is 2.14. The van der Waals surface area contributed by atoms with Crippen molar-refractivity contribution in [3.63, 3.8) is 0 Å². The Morgan fingerprint density at radius 1 is 1.11 bits per heavy atom. The summed E-state index contributed by atoms with van der Waals surface area (Å²) >= 11 is 11.8. The molecule has 0 radical (unpaired) electrons. The van der Waals surface area contributed by atoms with Gasteiger partial charge in [-0.2, -0.15) is 9.61 Å². The van der Waals surface area contributed by atoms with Crippen molar-refractivity contribution >= 4 is 28.8 Å². The quantitative estimate of drug-likeness (QED) is 0.729. The molecule has 96 valence electrons. The van der Waals surface area contributed by atoms with Crippen LogP contribution in [0.3, 0.4) is 0 Å². The van der Waals surface area contributed by atoms with E-state index >= 15 is 0 Å². The summed E-state index contributed by atoms with van der Waals surface area (Å²) in [4.78, 5) is 0. The van der Waals surface area contributed by atoms with Crippen molar-refractivity contribution < 1.29 is 4.74 Å². The minimum atomic E-state index is 0.362. The van der Waals surface area contributed by atoms with Crippen molar-refractivity contribution in [2.24, 2.45) is 0 Å². The van der Waals surface area contributed by atoms with Gasteiger partial charge in [-0.25, -0.2) is 0 Å². The Kier molecular flexibility index (Phi) is 3.00. The van der Waals surface area contributed by atoms with Crippen LogP contribution in [-0.4, -0.2) is 26.9 Å². The van der Waals surface area contributed by atoms with Crippen LogP contribution in [-0.2, 0) is 0 Å². The molecule has 0 unspecified atom stereocenters. The zero-order valence-electron chi connectivity index (χ0n) is 9.84. The van der Waals surface area contributed by atoms with Crippen molar-refractivity contribution in [3.8, 4) is 17.1 Å². The molecule has 5 nitrogen and oxygen atoms in total. The van der Waals surface area contributed by atoms with Crippen molar-refractivity contribution in [3.05, 3.63) is 40.5 Å². The Bertz CT molecular complexity index is 757. The summed E-state index contributed by atoms with van der Waals surface area (Å²) in [6, 6.07) is 8.68. The highest BCUT2D eigenvalue weighted by molar-refractivity contribution is 6.30. The topological polar surface area (TPSA) is 52.3 Å². The summed E-state index contributed by atoms with van der Waals surface area (Å²) in [5, 5.41) is 13.3. The molecule has 0 aliphatic heterocycles. The van der Waals surface area contributed by atoms with Gasteiger partial charge >= 0.3 is 0 Å². The smallest absolute Gasteiger partial charge is 0.189 e. The minimum absolute atomic E-state index is 0.362. The van der Waals surface area contributed by atoms with E-state index in [2.05, 4.69) is 15.3 Å². The molecule has 0 saturated carbocycles. The molecule has 7 heteroatoms. The maximum absolute atomic E-state index is 5.94. The fraction of sp³-hybridized carbons (Fsp3) is 0.0833. The van der Waals surface area contributed by atoms with Gasteiger partial charge in [-0.05, 0) is 30.3 Å². The molecule has 0 atom stereocenters. The fourth-order valence-corrected chi connectivity index (χ4v) is 2.08. The van der Waals surface area contributed by atoms with E-state index in [0.29, 0.717) is 27.4 Å². The maximum Gasteiger partial charge on any atom is 0.189 e. The van der Waals surface area contributed by atoms with E-state index in [-0.39, 0.29) is 0 Å². The van der Waals surface area contributed by atoms with E-state index in [1.54, 1.807) is 42.0 Å². The second-order valence-corrected chi connectivity index (χ2v) is 4.62. The number of ether oxygens (including phenoxy) is 1. The summed E-state index contributed by atoms with van der Waals surface area (Å²) in [7, 11) is 1.57. The van der Waals surface area contributed by atoms with E-state index in [4.69, 9.17) is 27.9 Å². The summed E-state index contributed by atoms with van der Waals surface area (Å²) in [6.45, 7) is 0. The molecule has 0 bridgehead atoms. The highest BCUT2D eigenvalue weighted by Crippen LogP contribution is 2.31. The summed E-state index contributed by atoms with van der Waals surface area (Å²) in [5.74, 6) is 1.15. The molecule has 1 aromatic carbocycles. The Morgan fingerprint density at radius 2 is 1.95 bits per heavy atom. The molecule has 3 aromatic rings. The summed E-state index contributed by atoms with van der Waals surface area (Å²) in [5.41, 5.74) is 1.35. The summed E-state index contributed by atoms with van der Waals surface area (Å²) < 4.78 is 6.87. The lowest BCUT2D eigenvalue weighted by atomic mass is 10.2. The first-order valence-corrected chi connectivity index (χ1v) is 6.16. The van der Waals surface area contributed by atoms with Crippen molar-refractivity contribution in [2.75, 3.05) is 7.11 Å². The molecule has 0 aliphatic rings. The van der Waals surface area contributed by atoms with E-state index in [9.17, 15) is 0 Å². The average Bonchev–Trinajstić information content (AvgIpc) is 2.81. The number of methoxy groups -OCH3 is 1. The first-order chi connectivity index (χ1) is 9.19. The minimum Gasteiger partial charge on any atom is -0.496 e. The summed E-state index contributed by atoms with van der Waals surface area (Å²) in [6.07, 6.45) is 0. The highest BCUT2D eigenvalue weighted by atomic mass is 35.5. The van der Waals surface area contributed by atoms with Crippen LogP contribution < -0.4 is 4.74 Å². The number of rotatable bonds is 2. The molecular weight excluding hydrogens is 287 g/mol. The third-order valence-electron chi connectivity index (χ3n) is 2.63. The number of nitrogens with zero attached hydrogens (tertiary/aromatic N) is 4. The van der Waals surface area contributed by atoms with Crippen LogP contribution >= 0.6 is 23.2 Å². The molecule has 0 amide bonds. The predicted molar refractivity (Wildman–Crippen MR) is 72.8 cm³/mol. The van der Waals surface area contributed by atoms with Crippen LogP contribution in [0.25, 0.3) is 17.0 Å². The van der Waals surface area contributed by atoms with Gasteiger partial charge in [-0.15, -0.1) is 10.2 Å². The van der Waals surface area contributed by atoms with Gasteiger partial charge in [0.1, 0.15) is 10.9 Å². The van der Waals surface area contributed by atoms with Gasteiger partial charge in [0.15, 0.2) is 11.5 Å². The van der Waals surface area contributed by atoms with Crippen LogP contribution in [0.2, 0.25) is 10.2 Å². The van der Waals surface area contributed by atoms with Crippen molar-refractivity contribution in [1.29, 1.82) is 0 Å². The molecule has 2 aromatic heterocycles. The number of aromatic nitrogens is 4. The Morgan fingerprint density at radius 3 is 2.74 bits per heavy atom. The van der Waals surface area contributed by atoms with Gasteiger partial charge < -0.3 is 4.74 Å².